The maximum absolute atomic E-state index is 12.7. The second-order valence-corrected chi connectivity index (χ2v) is 7.33. The lowest BCUT2D eigenvalue weighted by atomic mass is 9.80. The summed E-state index contributed by atoms with van der Waals surface area (Å²) in [4.78, 5) is 35.7. The van der Waals surface area contributed by atoms with Crippen molar-refractivity contribution in [1.29, 1.82) is 0 Å². The van der Waals surface area contributed by atoms with Gasteiger partial charge in [0.15, 0.2) is 5.78 Å². The van der Waals surface area contributed by atoms with Gasteiger partial charge >= 0.3 is 6.03 Å². The van der Waals surface area contributed by atoms with E-state index in [1.54, 1.807) is 0 Å². The predicted octanol–water partition coefficient (Wildman–Crippen LogP) is 1.30. The highest BCUT2D eigenvalue weighted by atomic mass is 16.2. The molecule has 0 aliphatic carbocycles. The molecule has 2 atom stereocenters. The minimum atomic E-state index is -0.631. The zero-order valence-corrected chi connectivity index (χ0v) is 15.6. The summed E-state index contributed by atoms with van der Waals surface area (Å²) in [6, 6.07) is -1.84. The topological polar surface area (TPSA) is 127 Å². The molecule has 0 rings (SSSR count). The third-order valence-corrected chi connectivity index (χ3v) is 4.21. The molecule has 0 saturated heterocycles. The number of hydrogen-bond donors (Lipinski definition) is 4. The third-order valence-electron chi connectivity index (χ3n) is 4.21. The van der Waals surface area contributed by atoms with Gasteiger partial charge < -0.3 is 22.1 Å². The highest BCUT2D eigenvalue weighted by molar-refractivity contribution is 5.93. The summed E-state index contributed by atoms with van der Waals surface area (Å²) in [6.07, 6.45) is 2.21. The first-order chi connectivity index (χ1) is 11.0. The van der Waals surface area contributed by atoms with Crippen LogP contribution in [0.15, 0.2) is 0 Å². The lowest BCUT2D eigenvalue weighted by Crippen LogP contribution is -2.51. The molecule has 0 aliphatic heterocycles. The van der Waals surface area contributed by atoms with E-state index in [0.29, 0.717) is 38.1 Å². The summed E-state index contributed by atoms with van der Waals surface area (Å²) in [6.45, 7) is 10.0. The summed E-state index contributed by atoms with van der Waals surface area (Å²) in [5, 5.41) is 5.28. The van der Waals surface area contributed by atoms with Crippen LogP contribution in [-0.4, -0.2) is 36.3 Å². The monoisotopic (exact) mass is 342 g/mol. The number of carbonyl (C=O) groups excluding carboxylic acids is 3. The van der Waals surface area contributed by atoms with E-state index in [4.69, 9.17) is 11.5 Å². The lowest BCUT2D eigenvalue weighted by Gasteiger charge is -2.29. The number of carbonyl (C=O) groups is 3. The van der Waals surface area contributed by atoms with Crippen molar-refractivity contribution in [2.45, 2.75) is 72.4 Å². The average molecular weight is 342 g/mol. The molecule has 0 radical (unpaired) electrons. The second kappa shape index (κ2) is 10.3. The smallest absolute Gasteiger partial charge is 0.312 e. The molecule has 6 N–H and O–H groups in total. The molecule has 0 aromatic heterocycles. The summed E-state index contributed by atoms with van der Waals surface area (Å²) in [5.41, 5.74) is 10.4. The van der Waals surface area contributed by atoms with Crippen molar-refractivity contribution in [1.82, 2.24) is 10.6 Å². The van der Waals surface area contributed by atoms with Crippen LogP contribution in [0.25, 0.3) is 0 Å². The molecule has 2 unspecified atom stereocenters. The molecule has 24 heavy (non-hydrogen) atoms. The molecule has 0 aromatic rings. The summed E-state index contributed by atoms with van der Waals surface area (Å²) in [7, 11) is 0. The Labute approximate surface area is 145 Å². The molecule has 140 valence electrons. The fraction of sp³-hybridized carbons (Fsp3) is 0.824. The number of urea groups is 1. The van der Waals surface area contributed by atoms with Crippen molar-refractivity contribution in [3.63, 3.8) is 0 Å². The quantitative estimate of drug-likeness (QED) is 0.422. The van der Waals surface area contributed by atoms with E-state index in [0.717, 1.165) is 0 Å². The molecule has 7 nitrogen and oxygen atoms in total. The van der Waals surface area contributed by atoms with E-state index in [-0.39, 0.29) is 11.7 Å². The zero-order chi connectivity index (χ0) is 18.9. The largest absolute Gasteiger partial charge is 0.352 e. The van der Waals surface area contributed by atoms with Gasteiger partial charge in [-0.25, -0.2) is 4.79 Å². The van der Waals surface area contributed by atoms with Gasteiger partial charge in [0.05, 0.1) is 12.1 Å². The first-order valence-corrected chi connectivity index (χ1v) is 8.64. The Bertz CT molecular complexity index is 436. The molecular weight excluding hydrogens is 308 g/mol. The van der Waals surface area contributed by atoms with Gasteiger partial charge in [0.25, 0.3) is 0 Å². The van der Waals surface area contributed by atoms with Crippen molar-refractivity contribution in [3.05, 3.63) is 0 Å². The van der Waals surface area contributed by atoms with Crippen molar-refractivity contribution >= 4 is 17.7 Å². The Morgan fingerprint density at radius 2 is 1.75 bits per heavy atom. The third kappa shape index (κ3) is 8.29. The van der Waals surface area contributed by atoms with E-state index in [2.05, 4.69) is 10.6 Å². The fourth-order valence-electron chi connectivity index (χ4n) is 2.33. The Kier molecular flexibility index (Phi) is 9.58. The average Bonchev–Trinajstić information content (AvgIpc) is 2.48. The Morgan fingerprint density at radius 1 is 1.17 bits per heavy atom. The fourth-order valence-corrected chi connectivity index (χ4v) is 2.33. The Morgan fingerprint density at radius 3 is 2.21 bits per heavy atom. The lowest BCUT2D eigenvalue weighted by molar-refractivity contribution is -0.133. The number of Topliss-reactive ketones (excluding diaryl/α,β-unsaturated/α-hetero) is 1. The van der Waals surface area contributed by atoms with Crippen LogP contribution >= 0.6 is 0 Å². The van der Waals surface area contributed by atoms with Gasteiger partial charge in [0, 0.05) is 12.0 Å². The van der Waals surface area contributed by atoms with E-state index in [1.807, 2.05) is 34.6 Å². The molecule has 3 amide bonds. The number of nitrogens with one attached hydrogen (secondary N) is 2. The highest BCUT2D eigenvalue weighted by Gasteiger charge is 2.33. The molecular formula is C17H34N4O3. The highest BCUT2D eigenvalue weighted by Crippen LogP contribution is 2.24. The van der Waals surface area contributed by atoms with Crippen LogP contribution in [0.4, 0.5) is 4.79 Å². The van der Waals surface area contributed by atoms with Gasteiger partial charge in [-0.15, -0.1) is 0 Å². The van der Waals surface area contributed by atoms with Gasteiger partial charge in [0.2, 0.25) is 5.91 Å². The SMILES string of the molecule is CCC(C)(C)C(=O)C(CCCNC(N)=O)NC(=O)C(N)CC(C)C. The van der Waals surface area contributed by atoms with Gasteiger partial charge in [-0.3, -0.25) is 9.59 Å². The minimum absolute atomic E-state index is 0.0193. The molecule has 0 fully saturated rings. The number of hydrogen-bond acceptors (Lipinski definition) is 4. The summed E-state index contributed by atoms with van der Waals surface area (Å²) < 4.78 is 0. The predicted molar refractivity (Wildman–Crippen MR) is 95.3 cm³/mol. The van der Waals surface area contributed by atoms with Crippen molar-refractivity contribution < 1.29 is 14.4 Å². The maximum atomic E-state index is 12.7. The summed E-state index contributed by atoms with van der Waals surface area (Å²) >= 11 is 0. The normalized spacial score (nSPS) is 14.1. The zero-order valence-electron chi connectivity index (χ0n) is 15.6. The molecule has 0 aliphatic rings. The number of primary amides is 1. The van der Waals surface area contributed by atoms with Gasteiger partial charge in [-0.1, -0.05) is 34.6 Å². The first-order valence-electron chi connectivity index (χ1n) is 8.64. The number of amides is 3. The first kappa shape index (κ1) is 22.4. The maximum Gasteiger partial charge on any atom is 0.312 e. The van der Waals surface area contributed by atoms with Crippen LogP contribution in [0.5, 0.6) is 0 Å². The standard InChI is InChI=1S/C17H34N4O3/c1-6-17(4,5)14(22)13(8-7-9-20-16(19)24)21-15(23)12(18)10-11(2)3/h11-13H,6-10,18H2,1-5H3,(H,21,23)(H3,19,20,24). The molecule has 0 spiro atoms. The van der Waals surface area contributed by atoms with Crippen LogP contribution < -0.4 is 22.1 Å². The van der Waals surface area contributed by atoms with Crippen LogP contribution in [-0.2, 0) is 9.59 Å². The molecule has 0 bridgehead atoms. The second-order valence-electron chi connectivity index (χ2n) is 7.33. The van der Waals surface area contributed by atoms with Gasteiger partial charge in [-0.05, 0) is 31.6 Å². The minimum Gasteiger partial charge on any atom is -0.352 e. The van der Waals surface area contributed by atoms with Crippen LogP contribution in [0.1, 0.15) is 60.3 Å². The molecule has 7 heteroatoms. The van der Waals surface area contributed by atoms with Crippen molar-refractivity contribution in [2.24, 2.45) is 22.8 Å². The summed E-state index contributed by atoms with van der Waals surface area (Å²) in [5.74, 6) is -0.0299. The number of rotatable bonds is 11. The van der Waals surface area contributed by atoms with E-state index >= 15 is 0 Å². The molecule has 0 aromatic carbocycles. The Balaban J connectivity index is 4.88. The van der Waals surface area contributed by atoms with Crippen molar-refractivity contribution in [2.75, 3.05) is 6.54 Å². The van der Waals surface area contributed by atoms with Crippen LogP contribution in [0.3, 0.4) is 0 Å². The van der Waals surface area contributed by atoms with E-state index in [9.17, 15) is 14.4 Å². The Hall–Kier alpha value is -1.63. The van der Waals surface area contributed by atoms with E-state index in [1.165, 1.54) is 0 Å². The van der Waals surface area contributed by atoms with Crippen LogP contribution in [0.2, 0.25) is 0 Å². The van der Waals surface area contributed by atoms with Gasteiger partial charge in [0.1, 0.15) is 0 Å². The number of ketones is 1. The van der Waals surface area contributed by atoms with Gasteiger partial charge in [-0.2, -0.15) is 0 Å². The molecule has 0 saturated carbocycles. The number of nitrogens with two attached hydrogens (primary N) is 2. The van der Waals surface area contributed by atoms with Crippen molar-refractivity contribution in [3.8, 4) is 0 Å². The van der Waals surface area contributed by atoms with Crippen LogP contribution in [0, 0.1) is 11.3 Å². The molecule has 0 heterocycles. The van der Waals surface area contributed by atoms with E-state index < -0.39 is 23.5 Å².